The minimum absolute atomic E-state index is 0.107. The Morgan fingerprint density at radius 3 is 2.73 bits per heavy atom. The molecule has 2 rings (SSSR count). The van der Waals surface area contributed by atoms with E-state index in [1.807, 2.05) is 32.3 Å². The van der Waals surface area contributed by atoms with Gasteiger partial charge in [0.05, 0.1) is 11.0 Å². The largest absolute Gasteiger partial charge is 0.320 e. The van der Waals surface area contributed by atoms with Crippen LogP contribution in [0, 0.1) is 13.8 Å². The van der Waals surface area contributed by atoms with Crippen LogP contribution in [0.25, 0.3) is 0 Å². The van der Waals surface area contributed by atoms with Gasteiger partial charge in [-0.3, -0.25) is 4.98 Å². The van der Waals surface area contributed by atoms with Crippen molar-refractivity contribution in [2.45, 2.75) is 19.9 Å². The number of rotatable bonds is 2. The highest BCUT2D eigenvalue weighted by atomic mass is 32.1. The molecule has 0 saturated heterocycles. The first-order valence-corrected chi connectivity index (χ1v) is 5.58. The zero-order valence-electron chi connectivity index (χ0n) is 8.77. The van der Waals surface area contributed by atoms with Crippen LogP contribution in [0.4, 0.5) is 0 Å². The lowest BCUT2D eigenvalue weighted by Gasteiger charge is -2.11. The maximum absolute atomic E-state index is 6.16. The standard InChI is InChI=1S/C11H13N3S/c1-7-3-4-13-5-9(7)11(12)10-6-14-8(2)15-10/h3-6,11H,12H2,1-2H3. The van der Waals surface area contributed by atoms with Crippen LogP contribution in [0.15, 0.2) is 24.7 Å². The Bertz CT molecular complexity index is 464. The molecule has 1 atom stereocenters. The van der Waals surface area contributed by atoms with Gasteiger partial charge in [-0.15, -0.1) is 11.3 Å². The Kier molecular flexibility index (Phi) is 2.79. The average Bonchev–Trinajstić information content (AvgIpc) is 2.65. The zero-order chi connectivity index (χ0) is 10.8. The lowest BCUT2D eigenvalue weighted by Crippen LogP contribution is -2.12. The zero-order valence-corrected chi connectivity index (χ0v) is 9.58. The number of aromatic nitrogens is 2. The highest BCUT2D eigenvalue weighted by molar-refractivity contribution is 7.11. The Morgan fingerprint density at radius 1 is 1.33 bits per heavy atom. The second kappa shape index (κ2) is 4.08. The van der Waals surface area contributed by atoms with Crippen molar-refractivity contribution in [3.05, 3.63) is 45.7 Å². The highest BCUT2D eigenvalue weighted by Crippen LogP contribution is 2.25. The summed E-state index contributed by atoms with van der Waals surface area (Å²) >= 11 is 1.64. The van der Waals surface area contributed by atoms with E-state index in [-0.39, 0.29) is 6.04 Å². The molecule has 0 radical (unpaired) electrons. The Balaban J connectivity index is 2.36. The van der Waals surface area contributed by atoms with Crippen molar-refractivity contribution in [3.8, 4) is 0 Å². The van der Waals surface area contributed by atoms with Crippen LogP contribution in [0.2, 0.25) is 0 Å². The molecule has 2 N–H and O–H groups in total. The van der Waals surface area contributed by atoms with E-state index < -0.39 is 0 Å². The van der Waals surface area contributed by atoms with Gasteiger partial charge in [-0.2, -0.15) is 0 Å². The second-order valence-corrected chi connectivity index (χ2v) is 4.76. The molecular formula is C11H13N3S. The number of aryl methyl sites for hydroxylation is 2. The van der Waals surface area contributed by atoms with Crippen molar-refractivity contribution in [1.82, 2.24) is 9.97 Å². The van der Waals surface area contributed by atoms with E-state index in [4.69, 9.17) is 5.73 Å². The van der Waals surface area contributed by atoms with Crippen molar-refractivity contribution in [2.24, 2.45) is 5.73 Å². The van der Waals surface area contributed by atoms with Gasteiger partial charge in [0.1, 0.15) is 0 Å². The first-order valence-electron chi connectivity index (χ1n) is 4.77. The Hall–Kier alpha value is -1.26. The second-order valence-electron chi connectivity index (χ2n) is 3.49. The van der Waals surface area contributed by atoms with E-state index in [2.05, 4.69) is 9.97 Å². The van der Waals surface area contributed by atoms with E-state index >= 15 is 0 Å². The predicted octanol–water partition coefficient (Wildman–Crippen LogP) is 2.20. The number of nitrogens with two attached hydrogens (primary N) is 1. The van der Waals surface area contributed by atoms with Crippen molar-refractivity contribution >= 4 is 11.3 Å². The molecule has 0 spiro atoms. The molecule has 3 nitrogen and oxygen atoms in total. The minimum Gasteiger partial charge on any atom is -0.320 e. The fourth-order valence-corrected chi connectivity index (χ4v) is 2.28. The molecule has 2 aromatic heterocycles. The van der Waals surface area contributed by atoms with E-state index in [0.717, 1.165) is 15.4 Å². The summed E-state index contributed by atoms with van der Waals surface area (Å²) < 4.78 is 0. The SMILES string of the molecule is Cc1ncc(C(N)c2cnccc2C)s1. The van der Waals surface area contributed by atoms with Crippen LogP contribution in [-0.4, -0.2) is 9.97 Å². The monoisotopic (exact) mass is 219 g/mol. The van der Waals surface area contributed by atoms with E-state index in [0.29, 0.717) is 0 Å². The maximum atomic E-state index is 6.16. The molecule has 0 aliphatic carbocycles. The van der Waals surface area contributed by atoms with Gasteiger partial charge in [-0.05, 0) is 31.0 Å². The summed E-state index contributed by atoms with van der Waals surface area (Å²) in [7, 11) is 0. The number of pyridine rings is 1. The lowest BCUT2D eigenvalue weighted by atomic mass is 10.0. The molecule has 0 aliphatic heterocycles. The molecule has 15 heavy (non-hydrogen) atoms. The van der Waals surface area contributed by atoms with Crippen molar-refractivity contribution in [1.29, 1.82) is 0 Å². The quantitative estimate of drug-likeness (QED) is 0.842. The van der Waals surface area contributed by atoms with Gasteiger partial charge >= 0.3 is 0 Å². The summed E-state index contributed by atoms with van der Waals surface area (Å²) in [5, 5.41) is 1.04. The van der Waals surface area contributed by atoms with Crippen molar-refractivity contribution < 1.29 is 0 Å². The predicted molar refractivity (Wildman–Crippen MR) is 61.9 cm³/mol. The number of nitrogens with zero attached hydrogens (tertiary/aromatic N) is 2. The van der Waals surface area contributed by atoms with E-state index in [9.17, 15) is 0 Å². The van der Waals surface area contributed by atoms with Gasteiger partial charge in [-0.25, -0.2) is 4.98 Å². The fraction of sp³-hybridized carbons (Fsp3) is 0.273. The van der Waals surface area contributed by atoms with Gasteiger partial charge in [0, 0.05) is 23.5 Å². The molecule has 0 fully saturated rings. The van der Waals surface area contributed by atoms with Crippen LogP contribution in [0.3, 0.4) is 0 Å². The van der Waals surface area contributed by atoms with Gasteiger partial charge in [0.2, 0.25) is 0 Å². The fourth-order valence-electron chi connectivity index (χ4n) is 1.48. The van der Waals surface area contributed by atoms with Crippen LogP contribution in [0.1, 0.15) is 27.1 Å². The molecule has 2 heterocycles. The third-order valence-corrected chi connectivity index (χ3v) is 3.36. The number of thiazole rings is 1. The third kappa shape index (κ3) is 2.06. The third-order valence-electron chi connectivity index (χ3n) is 2.36. The van der Waals surface area contributed by atoms with Crippen molar-refractivity contribution in [2.75, 3.05) is 0 Å². The molecule has 0 aromatic carbocycles. The maximum Gasteiger partial charge on any atom is 0.0897 e. The van der Waals surface area contributed by atoms with Crippen LogP contribution < -0.4 is 5.73 Å². The molecule has 1 unspecified atom stereocenters. The molecule has 0 bridgehead atoms. The normalized spacial score (nSPS) is 12.7. The summed E-state index contributed by atoms with van der Waals surface area (Å²) in [6.45, 7) is 4.03. The van der Waals surface area contributed by atoms with Crippen LogP contribution >= 0.6 is 11.3 Å². The van der Waals surface area contributed by atoms with Crippen molar-refractivity contribution in [3.63, 3.8) is 0 Å². The topological polar surface area (TPSA) is 51.8 Å². The molecular weight excluding hydrogens is 206 g/mol. The summed E-state index contributed by atoms with van der Waals surface area (Å²) in [5.41, 5.74) is 8.40. The smallest absolute Gasteiger partial charge is 0.0897 e. The average molecular weight is 219 g/mol. The van der Waals surface area contributed by atoms with E-state index in [1.54, 1.807) is 17.5 Å². The van der Waals surface area contributed by atoms with E-state index in [1.165, 1.54) is 5.56 Å². The molecule has 78 valence electrons. The van der Waals surface area contributed by atoms with Gasteiger partial charge in [0.25, 0.3) is 0 Å². The van der Waals surface area contributed by atoms with Gasteiger partial charge in [0.15, 0.2) is 0 Å². The summed E-state index contributed by atoms with van der Waals surface area (Å²) in [6.07, 6.45) is 5.45. The molecule has 0 saturated carbocycles. The number of hydrogen-bond donors (Lipinski definition) is 1. The van der Waals surface area contributed by atoms with Crippen LogP contribution in [0.5, 0.6) is 0 Å². The first kappa shape index (κ1) is 10.3. The minimum atomic E-state index is -0.107. The summed E-state index contributed by atoms with van der Waals surface area (Å²) in [4.78, 5) is 9.40. The van der Waals surface area contributed by atoms with Gasteiger partial charge < -0.3 is 5.73 Å². The molecule has 0 amide bonds. The molecule has 4 heteroatoms. The summed E-state index contributed by atoms with van der Waals surface area (Å²) in [6, 6.07) is 1.87. The van der Waals surface area contributed by atoms with Crippen LogP contribution in [-0.2, 0) is 0 Å². The molecule has 2 aromatic rings. The Labute approximate surface area is 93.0 Å². The highest BCUT2D eigenvalue weighted by Gasteiger charge is 2.13. The Morgan fingerprint density at radius 2 is 2.13 bits per heavy atom. The number of hydrogen-bond acceptors (Lipinski definition) is 4. The first-order chi connectivity index (χ1) is 7.18. The summed E-state index contributed by atoms with van der Waals surface area (Å²) in [5.74, 6) is 0. The van der Waals surface area contributed by atoms with Gasteiger partial charge in [-0.1, -0.05) is 0 Å². The molecule has 0 aliphatic rings. The lowest BCUT2D eigenvalue weighted by molar-refractivity contribution is 0.869.